The lowest BCUT2D eigenvalue weighted by Crippen LogP contribution is -2.41. The molecule has 2 aromatic rings. The first-order chi connectivity index (χ1) is 12.4. The largest absolute Gasteiger partial charge is 0.396 e. The van der Waals surface area contributed by atoms with Crippen molar-refractivity contribution in [3.8, 4) is 0 Å². The summed E-state index contributed by atoms with van der Waals surface area (Å²) >= 11 is 0. The van der Waals surface area contributed by atoms with E-state index in [1.807, 2.05) is 57.2 Å². The van der Waals surface area contributed by atoms with Crippen LogP contribution in [0.15, 0.2) is 59.0 Å². The maximum atomic E-state index is 12.6. The fourth-order valence-electron chi connectivity index (χ4n) is 3.08. The van der Waals surface area contributed by atoms with Crippen LogP contribution in [0.1, 0.15) is 31.9 Å². The van der Waals surface area contributed by atoms with Gasteiger partial charge in [0.15, 0.2) is 0 Å². The summed E-state index contributed by atoms with van der Waals surface area (Å²) in [6.45, 7) is 7.15. The van der Waals surface area contributed by atoms with Crippen molar-refractivity contribution in [3.63, 3.8) is 0 Å². The van der Waals surface area contributed by atoms with Gasteiger partial charge in [-0.05, 0) is 32.4 Å². The molecule has 2 aromatic carbocycles. The summed E-state index contributed by atoms with van der Waals surface area (Å²) in [7, 11) is -1.36. The highest BCUT2D eigenvalue weighted by Gasteiger charge is 2.31. The van der Waals surface area contributed by atoms with E-state index < -0.39 is 15.7 Å². The highest BCUT2D eigenvalue weighted by atomic mass is 32.2. The molecule has 1 aliphatic heterocycles. The van der Waals surface area contributed by atoms with Gasteiger partial charge in [-0.25, -0.2) is 4.21 Å². The van der Waals surface area contributed by atoms with E-state index >= 15 is 0 Å². The summed E-state index contributed by atoms with van der Waals surface area (Å²) in [5.41, 5.74) is 4.01. The molecule has 2 atom stereocenters. The third kappa shape index (κ3) is 4.05. The Morgan fingerprint density at radius 1 is 1.12 bits per heavy atom. The number of nitrogens with zero attached hydrogens (tertiary/aromatic N) is 2. The van der Waals surface area contributed by atoms with Gasteiger partial charge in [0.25, 0.3) is 0 Å². The smallest absolute Gasteiger partial charge is 0.145 e. The van der Waals surface area contributed by atoms with Crippen molar-refractivity contribution >= 4 is 22.4 Å². The van der Waals surface area contributed by atoms with Crippen LogP contribution in [0.3, 0.4) is 0 Å². The van der Waals surface area contributed by atoms with Crippen LogP contribution >= 0.6 is 0 Å². The van der Waals surface area contributed by atoms with Gasteiger partial charge >= 0.3 is 0 Å². The molecular weight excluding hydrogens is 344 g/mol. The number of fused-ring (bicyclic) bond motifs is 1. The van der Waals surface area contributed by atoms with Gasteiger partial charge in [0.1, 0.15) is 11.0 Å². The summed E-state index contributed by atoms with van der Waals surface area (Å²) in [6.07, 6.45) is 0. The average molecular weight is 371 g/mol. The Bertz CT molecular complexity index is 812. The second kappa shape index (κ2) is 7.72. The van der Waals surface area contributed by atoms with Gasteiger partial charge in [-0.2, -0.15) is 4.40 Å². The number of rotatable bonds is 4. The van der Waals surface area contributed by atoms with Crippen molar-refractivity contribution in [1.82, 2.24) is 0 Å². The first kappa shape index (κ1) is 18.8. The van der Waals surface area contributed by atoms with E-state index in [1.54, 1.807) is 0 Å². The van der Waals surface area contributed by atoms with Crippen LogP contribution in [-0.4, -0.2) is 32.9 Å². The molecule has 26 heavy (non-hydrogen) atoms. The number of hydrogen-bond acceptors (Lipinski definition) is 3. The summed E-state index contributed by atoms with van der Waals surface area (Å²) in [4.78, 5) is 2.27. The van der Waals surface area contributed by atoms with Gasteiger partial charge < -0.3 is 10.0 Å². The standard InChI is InChI=1S/C21H26N2O2S/c1-21(2,3)26(25)22-20-17(15-24)14-23(13-16-9-5-4-6-10-16)19-12-8-7-11-18(19)20/h4-12,17,24H,13-15H2,1-3H3/b22-20+/t17-,26?/m0/s1. The molecule has 1 heterocycles. The molecule has 138 valence electrons. The molecule has 5 heteroatoms. The predicted octanol–water partition coefficient (Wildman–Crippen LogP) is 3.57. The number of para-hydroxylation sites is 1. The third-order valence-corrected chi connectivity index (χ3v) is 5.90. The van der Waals surface area contributed by atoms with E-state index in [4.69, 9.17) is 0 Å². The Hall–Kier alpha value is -1.98. The Morgan fingerprint density at radius 2 is 1.77 bits per heavy atom. The number of anilines is 1. The minimum absolute atomic E-state index is 0.0141. The highest BCUT2D eigenvalue weighted by Crippen LogP contribution is 2.32. The molecule has 0 amide bonds. The van der Waals surface area contributed by atoms with Gasteiger partial charge in [0.2, 0.25) is 0 Å². The maximum absolute atomic E-state index is 12.6. The van der Waals surface area contributed by atoms with Gasteiger partial charge in [0.05, 0.1) is 17.1 Å². The summed E-state index contributed by atoms with van der Waals surface area (Å²) < 4.78 is 16.7. The molecule has 0 aliphatic carbocycles. The third-order valence-electron chi connectivity index (χ3n) is 4.49. The topological polar surface area (TPSA) is 52.9 Å². The van der Waals surface area contributed by atoms with Crippen molar-refractivity contribution in [2.24, 2.45) is 10.3 Å². The molecule has 0 bridgehead atoms. The lowest BCUT2D eigenvalue weighted by molar-refractivity contribution is 0.261. The molecule has 0 saturated heterocycles. The zero-order chi connectivity index (χ0) is 18.7. The Kier molecular flexibility index (Phi) is 5.58. The quantitative estimate of drug-likeness (QED) is 0.895. The van der Waals surface area contributed by atoms with E-state index in [2.05, 4.69) is 27.5 Å². The zero-order valence-corrected chi connectivity index (χ0v) is 16.4. The zero-order valence-electron chi connectivity index (χ0n) is 15.6. The summed E-state index contributed by atoms with van der Waals surface area (Å²) in [5.74, 6) is -0.153. The van der Waals surface area contributed by atoms with Crippen LogP contribution in [0.2, 0.25) is 0 Å². The van der Waals surface area contributed by atoms with Gasteiger partial charge in [-0.3, -0.25) is 0 Å². The molecule has 0 fully saturated rings. The van der Waals surface area contributed by atoms with Crippen LogP contribution in [0.25, 0.3) is 0 Å². The number of aliphatic hydroxyl groups excluding tert-OH is 1. The molecular formula is C21H26N2O2S. The lowest BCUT2D eigenvalue weighted by Gasteiger charge is -2.36. The van der Waals surface area contributed by atoms with E-state index in [-0.39, 0.29) is 12.5 Å². The van der Waals surface area contributed by atoms with E-state index in [0.29, 0.717) is 6.54 Å². The molecule has 1 N–H and O–H groups in total. The van der Waals surface area contributed by atoms with Crippen LogP contribution in [0, 0.1) is 5.92 Å². The minimum Gasteiger partial charge on any atom is -0.396 e. The van der Waals surface area contributed by atoms with Crippen LogP contribution < -0.4 is 4.90 Å². The number of aliphatic hydroxyl groups is 1. The number of benzene rings is 2. The molecule has 0 aromatic heterocycles. The number of hydrogen-bond donors (Lipinski definition) is 1. The first-order valence-corrected chi connectivity index (χ1v) is 10.0. The second-order valence-electron chi connectivity index (χ2n) is 7.60. The van der Waals surface area contributed by atoms with Crippen molar-refractivity contribution < 1.29 is 9.32 Å². The maximum Gasteiger partial charge on any atom is 0.145 e. The van der Waals surface area contributed by atoms with Crippen LogP contribution in [0.5, 0.6) is 0 Å². The lowest BCUT2D eigenvalue weighted by atomic mass is 9.90. The van der Waals surface area contributed by atoms with Crippen LogP contribution in [-0.2, 0) is 17.5 Å². The van der Waals surface area contributed by atoms with Crippen LogP contribution in [0.4, 0.5) is 5.69 Å². The van der Waals surface area contributed by atoms with Gasteiger partial charge in [-0.1, -0.05) is 48.5 Å². The molecule has 1 unspecified atom stereocenters. The molecule has 3 rings (SSSR count). The van der Waals surface area contributed by atoms with Crippen molar-refractivity contribution in [1.29, 1.82) is 0 Å². The molecule has 0 spiro atoms. The van der Waals surface area contributed by atoms with Gasteiger partial charge in [0, 0.05) is 30.3 Å². The Balaban J connectivity index is 2.01. The molecule has 0 saturated carbocycles. The second-order valence-corrected chi connectivity index (χ2v) is 9.51. The van der Waals surface area contributed by atoms with E-state index in [1.165, 1.54) is 5.56 Å². The fourth-order valence-corrected chi connectivity index (χ4v) is 3.78. The fraction of sp³-hybridized carbons (Fsp3) is 0.381. The van der Waals surface area contributed by atoms with Crippen molar-refractivity contribution in [2.75, 3.05) is 18.1 Å². The summed E-state index contributed by atoms with van der Waals surface area (Å²) in [6, 6.07) is 18.3. The summed E-state index contributed by atoms with van der Waals surface area (Å²) in [5, 5.41) is 9.98. The Morgan fingerprint density at radius 3 is 2.42 bits per heavy atom. The molecule has 0 radical (unpaired) electrons. The van der Waals surface area contributed by atoms with Gasteiger partial charge in [-0.15, -0.1) is 0 Å². The normalized spacial score (nSPS) is 20.1. The highest BCUT2D eigenvalue weighted by molar-refractivity contribution is 7.85. The van der Waals surface area contributed by atoms with Crippen molar-refractivity contribution in [2.45, 2.75) is 32.1 Å². The Labute approximate surface area is 158 Å². The monoisotopic (exact) mass is 370 g/mol. The van der Waals surface area contributed by atoms with E-state index in [0.717, 1.165) is 23.5 Å². The minimum atomic E-state index is -1.36. The first-order valence-electron chi connectivity index (χ1n) is 8.90. The van der Waals surface area contributed by atoms with Crippen molar-refractivity contribution in [3.05, 3.63) is 65.7 Å². The predicted molar refractivity (Wildman–Crippen MR) is 109 cm³/mol. The molecule has 1 aliphatic rings. The van der Waals surface area contributed by atoms with E-state index in [9.17, 15) is 9.32 Å². The average Bonchev–Trinajstić information content (AvgIpc) is 2.63. The SMILES string of the molecule is CC(C)(C)S(=O)/N=C1/c2ccccc2N(Cc2ccccc2)C[C@H]1CO. The molecule has 4 nitrogen and oxygen atoms in total.